The third-order valence-electron chi connectivity index (χ3n) is 7.77. The van der Waals surface area contributed by atoms with Crippen molar-refractivity contribution in [3.63, 3.8) is 0 Å². The van der Waals surface area contributed by atoms with E-state index in [1.165, 1.54) is 18.2 Å². The summed E-state index contributed by atoms with van der Waals surface area (Å²) in [6.07, 6.45) is 0. The maximum Gasteiger partial charge on any atom is 0.441 e. The molecule has 42 heavy (non-hydrogen) atoms. The van der Waals surface area contributed by atoms with Gasteiger partial charge in [-0.3, -0.25) is 9.69 Å². The van der Waals surface area contributed by atoms with E-state index < -0.39 is 19.0 Å². The van der Waals surface area contributed by atoms with E-state index in [1.807, 2.05) is 18.2 Å². The molecule has 2 aliphatic rings. The topological polar surface area (TPSA) is 156 Å². The molecule has 222 valence electrons. The van der Waals surface area contributed by atoms with Crippen LogP contribution in [0.2, 0.25) is 0 Å². The second-order valence-corrected chi connectivity index (χ2v) is 13.6. The molecule has 0 radical (unpaired) electrons. The van der Waals surface area contributed by atoms with Crippen LogP contribution in [-0.4, -0.2) is 90.6 Å². The van der Waals surface area contributed by atoms with E-state index in [9.17, 15) is 28.2 Å². The second-order valence-electron chi connectivity index (χ2n) is 10.4. The van der Waals surface area contributed by atoms with E-state index in [2.05, 4.69) is 25.8 Å². The monoisotopic (exact) mass is 678 g/mol. The summed E-state index contributed by atoms with van der Waals surface area (Å²) in [5, 5.41) is 1.96. The van der Waals surface area contributed by atoms with Gasteiger partial charge in [-0.2, -0.15) is 14.7 Å². The summed E-state index contributed by atoms with van der Waals surface area (Å²) in [7, 11) is -4.56. The summed E-state index contributed by atoms with van der Waals surface area (Å²) in [5.41, 5.74) is 2.33. The summed E-state index contributed by atoms with van der Waals surface area (Å²) in [5.74, 6) is 0.237. The molecule has 0 saturated carbocycles. The Bertz CT molecular complexity index is 1690. The number of morpholine rings is 1. The van der Waals surface area contributed by atoms with Gasteiger partial charge in [0.25, 0.3) is 5.91 Å². The molecular formula is C28H30BrN3O8PS+. The number of hydrogen-bond acceptors (Lipinski definition) is 8. The summed E-state index contributed by atoms with van der Waals surface area (Å²) >= 11 is 1.24. The van der Waals surface area contributed by atoms with Crippen molar-refractivity contribution in [1.82, 2.24) is 9.88 Å². The van der Waals surface area contributed by atoms with Gasteiger partial charge < -0.3 is 23.9 Å². The Hall–Kier alpha value is -2.45. The fraction of sp³-hybridized carbons (Fsp3) is 0.321. The molecule has 0 spiro atoms. The number of halogens is 1. The number of fused-ring (bicyclic) bond motifs is 4. The molecule has 1 amide bonds. The van der Waals surface area contributed by atoms with E-state index in [-0.39, 0.29) is 27.4 Å². The number of aromatic nitrogens is 1. The first-order valence-electron chi connectivity index (χ1n) is 13.4. The molecule has 3 heterocycles. The number of amides is 1. The highest BCUT2D eigenvalue weighted by Crippen LogP contribution is 2.50. The van der Waals surface area contributed by atoms with Crippen molar-refractivity contribution in [2.45, 2.75) is 10.8 Å². The molecule has 1 fully saturated rings. The zero-order valence-corrected chi connectivity index (χ0v) is 25.7. The van der Waals surface area contributed by atoms with Gasteiger partial charge in [-0.25, -0.2) is 4.21 Å². The van der Waals surface area contributed by atoms with Gasteiger partial charge >= 0.3 is 7.94 Å². The van der Waals surface area contributed by atoms with Crippen molar-refractivity contribution in [2.75, 3.05) is 56.2 Å². The van der Waals surface area contributed by atoms with E-state index >= 15 is 0 Å². The molecular weight excluding hydrogens is 649 g/mol. The molecule has 1 saturated heterocycles. The minimum Gasteiger partial charge on any atom is -0.492 e. The first-order chi connectivity index (χ1) is 20.1. The van der Waals surface area contributed by atoms with Crippen molar-refractivity contribution < 1.29 is 37.7 Å². The zero-order valence-electron chi connectivity index (χ0n) is 22.4. The predicted molar refractivity (Wildman–Crippen MR) is 165 cm³/mol. The number of anilines is 1. The lowest BCUT2D eigenvalue weighted by Gasteiger charge is -2.26. The van der Waals surface area contributed by atoms with Gasteiger partial charge in [0.2, 0.25) is 0 Å². The third-order valence-corrected chi connectivity index (χ3v) is 10.2. The average Bonchev–Trinajstić information content (AvgIpc) is 3.57. The number of hydrogen-bond donors (Lipinski definition) is 5. The lowest BCUT2D eigenvalue weighted by molar-refractivity contribution is 0.0322. The fourth-order valence-electron chi connectivity index (χ4n) is 5.71. The lowest BCUT2D eigenvalue weighted by Crippen LogP contribution is -2.38. The van der Waals surface area contributed by atoms with E-state index in [1.54, 1.807) is 17.0 Å². The first kappa shape index (κ1) is 29.6. The fourth-order valence-corrected chi connectivity index (χ4v) is 7.44. The van der Waals surface area contributed by atoms with Gasteiger partial charge in [-0.15, -0.1) is 0 Å². The molecule has 2 atom stereocenters. The minimum atomic E-state index is -4.56. The van der Waals surface area contributed by atoms with Crippen LogP contribution in [0.5, 0.6) is 5.75 Å². The van der Waals surface area contributed by atoms with Crippen LogP contribution in [0.1, 0.15) is 22.0 Å². The molecule has 14 heteroatoms. The molecule has 4 aromatic rings. The highest BCUT2D eigenvalue weighted by atomic mass is 79.9. The van der Waals surface area contributed by atoms with Crippen LogP contribution in [0.25, 0.3) is 21.7 Å². The normalized spacial score (nSPS) is 18.5. The number of aromatic amines is 1. The van der Waals surface area contributed by atoms with Gasteiger partial charge in [-0.1, -0.05) is 22.0 Å². The van der Waals surface area contributed by atoms with Crippen LogP contribution in [0.15, 0.2) is 53.4 Å². The number of carbonyl (C=O) groups is 1. The van der Waals surface area contributed by atoms with Crippen molar-refractivity contribution in [3.05, 3.63) is 59.8 Å². The number of ether oxygens (including phenoxy) is 2. The van der Waals surface area contributed by atoms with Gasteiger partial charge in [-0.05, 0) is 47.3 Å². The minimum absolute atomic E-state index is 0.0565. The van der Waals surface area contributed by atoms with Gasteiger partial charge in [0.1, 0.15) is 18.1 Å². The molecule has 3 aromatic carbocycles. The Morgan fingerprint density at radius 3 is 2.60 bits per heavy atom. The molecule has 2 unspecified atom stereocenters. The maximum absolute atomic E-state index is 13.9. The Kier molecular flexibility index (Phi) is 8.40. The molecule has 0 bridgehead atoms. The van der Waals surface area contributed by atoms with Crippen molar-refractivity contribution >= 4 is 73.5 Å². The van der Waals surface area contributed by atoms with Crippen molar-refractivity contribution in [2.24, 2.45) is 0 Å². The Morgan fingerprint density at radius 1 is 1.10 bits per heavy atom. The van der Waals surface area contributed by atoms with Crippen molar-refractivity contribution in [1.29, 1.82) is 0 Å². The number of rotatable bonds is 8. The second kappa shape index (κ2) is 11.9. The van der Waals surface area contributed by atoms with Crippen LogP contribution < -0.4 is 14.9 Å². The molecule has 6 rings (SSSR count). The summed E-state index contributed by atoms with van der Waals surface area (Å²) in [6.45, 7) is 4.90. The molecule has 0 aliphatic carbocycles. The summed E-state index contributed by atoms with van der Waals surface area (Å²) < 4.78 is 32.7. The highest BCUT2D eigenvalue weighted by Gasteiger charge is 2.42. The van der Waals surface area contributed by atoms with Gasteiger partial charge in [0.05, 0.1) is 23.8 Å². The SMILES string of the molecule is O=C(c1cc2cc(OCCN3CCOCC3)ccc2[nH]1)N1CC(CBr)c2c1cc([P+](O)(O)O)c1cc(S(=O)O)ccc21. The molecule has 1 aromatic heterocycles. The Morgan fingerprint density at radius 2 is 1.88 bits per heavy atom. The highest BCUT2D eigenvalue weighted by molar-refractivity contribution is 9.09. The summed E-state index contributed by atoms with van der Waals surface area (Å²) in [4.78, 5) is 51.9. The zero-order chi connectivity index (χ0) is 29.6. The van der Waals surface area contributed by atoms with Crippen LogP contribution in [0.4, 0.5) is 5.69 Å². The van der Waals surface area contributed by atoms with Crippen molar-refractivity contribution in [3.8, 4) is 5.75 Å². The number of alkyl halides is 1. The van der Waals surface area contributed by atoms with Crippen LogP contribution in [-0.2, 0) is 15.8 Å². The van der Waals surface area contributed by atoms with E-state index in [0.717, 1.165) is 49.3 Å². The smallest absolute Gasteiger partial charge is 0.441 e. The van der Waals surface area contributed by atoms with Crippen LogP contribution >= 0.6 is 23.9 Å². The van der Waals surface area contributed by atoms with Crippen LogP contribution in [0.3, 0.4) is 0 Å². The number of benzene rings is 3. The number of nitrogens with zero attached hydrogens (tertiary/aromatic N) is 2. The van der Waals surface area contributed by atoms with E-state index in [4.69, 9.17) is 9.47 Å². The van der Waals surface area contributed by atoms with Gasteiger partial charge in [0.15, 0.2) is 16.4 Å². The molecule has 5 N–H and O–H groups in total. The predicted octanol–water partition coefficient (Wildman–Crippen LogP) is 3.12. The average molecular weight is 680 g/mol. The van der Waals surface area contributed by atoms with Crippen LogP contribution in [0, 0.1) is 0 Å². The number of nitrogens with one attached hydrogen (secondary N) is 1. The largest absolute Gasteiger partial charge is 0.492 e. The quantitative estimate of drug-likeness (QED) is 0.107. The Balaban J connectivity index is 1.31. The lowest BCUT2D eigenvalue weighted by atomic mass is 9.96. The molecule has 2 aliphatic heterocycles. The van der Waals surface area contributed by atoms with E-state index in [0.29, 0.717) is 41.0 Å². The standard InChI is InChI=1S/C28H29BrN3O8PS/c29-15-18-16-32(25-14-26(41(34,35)36)22-13-20(42(37)38)2-3-21(22)27(18)25)28(33)24-12-17-11-19(1-4-23(17)30-24)40-10-7-31-5-8-39-9-6-31/h1-4,11-14,18,34-36H,5-10,15-16H2,(H-,30,33,37,38)/p+1. The van der Waals surface area contributed by atoms with Gasteiger partial charge in [0, 0.05) is 59.8 Å². The third kappa shape index (κ3) is 5.73. The number of H-pyrrole nitrogens is 1. The number of carbonyl (C=O) groups excluding carboxylic acids is 1. The maximum atomic E-state index is 13.9. The summed E-state index contributed by atoms with van der Waals surface area (Å²) in [6, 6.07) is 13.2. The first-order valence-corrected chi connectivity index (χ1v) is 17.2. The Labute approximate surface area is 253 Å². The molecule has 11 nitrogen and oxygen atoms in total.